The normalized spacial score (nSPS) is 11.0. The van der Waals surface area contributed by atoms with E-state index in [1.807, 2.05) is 0 Å². The van der Waals surface area contributed by atoms with E-state index >= 15 is 0 Å². The molecule has 0 heterocycles. The van der Waals surface area contributed by atoms with Crippen molar-refractivity contribution in [1.29, 1.82) is 0 Å². The number of benzene rings is 1. The van der Waals surface area contributed by atoms with Gasteiger partial charge < -0.3 is 15.2 Å². The van der Waals surface area contributed by atoms with Gasteiger partial charge in [-0.15, -0.1) is 0 Å². The highest BCUT2D eigenvalue weighted by Gasteiger charge is 2.29. The molecular weight excluding hydrogens is 264 g/mol. The molecule has 0 unspecified atom stereocenters. The molecule has 1 aromatic rings. The number of nitro benzene ring substituents is 1. The zero-order chi connectivity index (χ0) is 15.3. The van der Waals surface area contributed by atoms with Gasteiger partial charge >= 0.3 is 0 Å². The standard InChI is InChI=1S/C13H18N2O5/c1-4-20-10-7-5-6-9(15(18)19)11(10)12(17)14-13(2,3)8-16/h5-7,16H,4,8H2,1-3H3,(H,14,17). The summed E-state index contributed by atoms with van der Waals surface area (Å²) in [6.07, 6.45) is 0. The lowest BCUT2D eigenvalue weighted by Gasteiger charge is -2.23. The second-order valence-corrected chi connectivity index (χ2v) is 4.84. The highest BCUT2D eigenvalue weighted by atomic mass is 16.6. The number of aliphatic hydroxyl groups is 1. The van der Waals surface area contributed by atoms with Crippen LogP contribution in [0, 0.1) is 10.1 Å². The molecule has 0 radical (unpaired) electrons. The van der Waals surface area contributed by atoms with Crippen molar-refractivity contribution in [2.45, 2.75) is 26.3 Å². The number of aliphatic hydroxyl groups excluding tert-OH is 1. The molecule has 0 aliphatic carbocycles. The third-order valence-electron chi connectivity index (χ3n) is 2.58. The summed E-state index contributed by atoms with van der Waals surface area (Å²) < 4.78 is 5.27. The second-order valence-electron chi connectivity index (χ2n) is 4.84. The molecule has 0 bridgehead atoms. The molecule has 1 rings (SSSR count). The van der Waals surface area contributed by atoms with Crippen molar-refractivity contribution in [1.82, 2.24) is 5.32 Å². The van der Waals surface area contributed by atoms with Crippen molar-refractivity contribution in [2.24, 2.45) is 0 Å². The number of nitrogens with one attached hydrogen (secondary N) is 1. The summed E-state index contributed by atoms with van der Waals surface area (Å²) in [4.78, 5) is 22.6. The van der Waals surface area contributed by atoms with Crippen LogP contribution in [0.4, 0.5) is 5.69 Å². The van der Waals surface area contributed by atoms with Crippen LogP contribution in [0.15, 0.2) is 18.2 Å². The molecule has 0 aliphatic rings. The number of rotatable bonds is 6. The van der Waals surface area contributed by atoms with E-state index in [2.05, 4.69) is 5.32 Å². The topological polar surface area (TPSA) is 102 Å². The van der Waals surface area contributed by atoms with Crippen LogP contribution in [0.3, 0.4) is 0 Å². The van der Waals surface area contributed by atoms with Gasteiger partial charge in [0.25, 0.3) is 11.6 Å². The van der Waals surface area contributed by atoms with E-state index in [-0.39, 0.29) is 30.2 Å². The fourth-order valence-corrected chi connectivity index (χ4v) is 1.59. The summed E-state index contributed by atoms with van der Waals surface area (Å²) in [5.74, 6) is -0.507. The number of carbonyl (C=O) groups is 1. The maximum Gasteiger partial charge on any atom is 0.285 e. The summed E-state index contributed by atoms with van der Waals surface area (Å²) in [5, 5.41) is 22.7. The molecule has 0 atom stereocenters. The van der Waals surface area contributed by atoms with Crippen LogP contribution in [0.2, 0.25) is 0 Å². The van der Waals surface area contributed by atoms with Gasteiger partial charge in [-0.05, 0) is 26.8 Å². The zero-order valence-electron chi connectivity index (χ0n) is 11.7. The Balaban J connectivity index is 3.25. The SMILES string of the molecule is CCOc1cccc([N+](=O)[O-])c1C(=O)NC(C)(C)CO. The molecule has 0 spiro atoms. The van der Waals surface area contributed by atoms with E-state index in [9.17, 15) is 14.9 Å². The first-order chi connectivity index (χ1) is 9.32. The molecule has 7 heteroatoms. The fraction of sp³-hybridized carbons (Fsp3) is 0.462. The molecule has 110 valence electrons. The van der Waals surface area contributed by atoms with Crippen LogP contribution in [-0.2, 0) is 0 Å². The average molecular weight is 282 g/mol. The Morgan fingerprint density at radius 3 is 2.65 bits per heavy atom. The van der Waals surface area contributed by atoms with E-state index in [1.54, 1.807) is 20.8 Å². The molecule has 0 saturated carbocycles. The maximum absolute atomic E-state index is 12.2. The van der Waals surface area contributed by atoms with Crippen LogP contribution in [0.25, 0.3) is 0 Å². The second kappa shape index (κ2) is 6.33. The van der Waals surface area contributed by atoms with Gasteiger partial charge in [-0.2, -0.15) is 0 Å². The fourth-order valence-electron chi connectivity index (χ4n) is 1.59. The number of hydrogen-bond donors (Lipinski definition) is 2. The molecule has 0 aromatic heterocycles. The zero-order valence-corrected chi connectivity index (χ0v) is 11.7. The summed E-state index contributed by atoms with van der Waals surface area (Å²) in [7, 11) is 0. The summed E-state index contributed by atoms with van der Waals surface area (Å²) in [6.45, 7) is 4.94. The lowest BCUT2D eigenvalue weighted by molar-refractivity contribution is -0.385. The van der Waals surface area contributed by atoms with E-state index in [0.717, 1.165) is 0 Å². The van der Waals surface area contributed by atoms with E-state index in [4.69, 9.17) is 9.84 Å². The Kier molecular flexibility index (Phi) is 5.04. The monoisotopic (exact) mass is 282 g/mol. The van der Waals surface area contributed by atoms with Gasteiger partial charge in [-0.25, -0.2) is 0 Å². The van der Waals surface area contributed by atoms with Gasteiger partial charge in [-0.1, -0.05) is 6.07 Å². The Morgan fingerprint density at radius 2 is 2.15 bits per heavy atom. The molecule has 0 fully saturated rings. The molecule has 7 nitrogen and oxygen atoms in total. The number of carbonyl (C=O) groups excluding carboxylic acids is 1. The van der Waals surface area contributed by atoms with Crippen molar-refractivity contribution >= 4 is 11.6 Å². The first-order valence-corrected chi connectivity index (χ1v) is 6.16. The van der Waals surface area contributed by atoms with Crippen molar-refractivity contribution in [3.8, 4) is 5.75 Å². The average Bonchev–Trinajstić information content (AvgIpc) is 2.38. The lowest BCUT2D eigenvalue weighted by Crippen LogP contribution is -2.46. The van der Waals surface area contributed by atoms with Gasteiger partial charge in [0.15, 0.2) is 5.56 Å². The third kappa shape index (κ3) is 3.67. The van der Waals surface area contributed by atoms with Gasteiger partial charge in [-0.3, -0.25) is 14.9 Å². The summed E-state index contributed by atoms with van der Waals surface area (Å²) in [5.41, 5.74) is -1.35. The molecule has 1 amide bonds. The molecule has 2 N–H and O–H groups in total. The Labute approximate surface area is 116 Å². The van der Waals surface area contributed by atoms with Crippen molar-refractivity contribution < 1.29 is 19.6 Å². The predicted molar refractivity (Wildman–Crippen MR) is 72.9 cm³/mol. The largest absolute Gasteiger partial charge is 0.493 e. The molecule has 1 aromatic carbocycles. The Bertz CT molecular complexity index is 513. The number of nitrogens with zero attached hydrogens (tertiary/aromatic N) is 1. The van der Waals surface area contributed by atoms with Gasteiger partial charge in [0.1, 0.15) is 5.75 Å². The van der Waals surface area contributed by atoms with Gasteiger partial charge in [0.05, 0.1) is 23.7 Å². The summed E-state index contributed by atoms with van der Waals surface area (Å²) >= 11 is 0. The predicted octanol–water partition coefficient (Wildman–Crippen LogP) is 1.49. The smallest absolute Gasteiger partial charge is 0.285 e. The van der Waals surface area contributed by atoms with E-state index in [0.29, 0.717) is 0 Å². The quantitative estimate of drug-likeness (QED) is 0.608. The minimum atomic E-state index is -0.885. The Hall–Kier alpha value is -2.15. The van der Waals surface area contributed by atoms with E-state index < -0.39 is 16.4 Å². The Morgan fingerprint density at radius 1 is 1.50 bits per heavy atom. The number of ether oxygens (including phenoxy) is 1. The van der Waals surface area contributed by atoms with Crippen molar-refractivity contribution in [3.05, 3.63) is 33.9 Å². The van der Waals surface area contributed by atoms with Crippen LogP contribution >= 0.6 is 0 Å². The molecule has 0 aliphatic heterocycles. The highest BCUT2D eigenvalue weighted by molar-refractivity contribution is 6.01. The number of nitro groups is 1. The van der Waals surface area contributed by atoms with Crippen LogP contribution in [-0.4, -0.2) is 34.7 Å². The van der Waals surface area contributed by atoms with Crippen LogP contribution in [0.5, 0.6) is 5.75 Å². The lowest BCUT2D eigenvalue weighted by atomic mass is 10.0. The van der Waals surface area contributed by atoms with Gasteiger partial charge in [0.2, 0.25) is 0 Å². The van der Waals surface area contributed by atoms with Crippen molar-refractivity contribution in [3.63, 3.8) is 0 Å². The van der Waals surface area contributed by atoms with Crippen molar-refractivity contribution in [2.75, 3.05) is 13.2 Å². The molecular formula is C13H18N2O5. The first kappa shape index (κ1) is 15.9. The van der Waals surface area contributed by atoms with Gasteiger partial charge in [0, 0.05) is 6.07 Å². The minimum Gasteiger partial charge on any atom is -0.493 e. The van der Waals surface area contributed by atoms with E-state index in [1.165, 1.54) is 18.2 Å². The molecule has 0 saturated heterocycles. The highest BCUT2D eigenvalue weighted by Crippen LogP contribution is 2.28. The summed E-state index contributed by atoms with van der Waals surface area (Å²) in [6, 6.07) is 4.19. The minimum absolute atomic E-state index is 0.138. The number of amides is 1. The van der Waals surface area contributed by atoms with Crippen LogP contribution < -0.4 is 10.1 Å². The number of hydrogen-bond acceptors (Lipinski definition) is 5. The third-order valence-corrected chi connectivity index (χ3v) is 2.58. The maximum atomic E-state index is 12.2. The molecule has 20 heavy (non-hydrogen) atoms. The van der Waals surface area contributed by atoms with Crippen LogP contribution in [0.1, 0.15) is 31.1 Å². The first-order valence-electron chi connectivity index (χ1n) is 6.16.